The van der Waals surface area contributed by atoms with Crippen molar-refractivity contribution in [2.75, 3.05) is 39.9 Å². The SMILES string of the molecule is CCNC(=NCC(O)COc1ccc(F)cc1)N1CC(C)C(C(=O)OC)C1. The summed E-state index contributed by atoms with van der Waals surface area (Å²) in [5.74, 6) is 0.553. The van der Waals surface area contributed by atoms with E-state index in [9.17, 15) is 14.3 Å². The van der Waals surface area contributed by atoms with Crippen LogP contribution in [0.4, 0.5) is 4.39 Å². The van der Waals surface area contributed by atoms with Crippen LogP contribution in [0.5, 0.6) is 5.75 Å². The Hall–Kier alpha value is -2.35. The van der Waals surface area contributed by atoms with Crippen molar-refractivity contribution >= 4 is 11.9 Å². The van der Waals surface area contributed by atoms with E-state index in [0.717, 1.165) is 0 Å². The van der Waals surface area contributed by atoms with Crippen molar-refractivity contribution in [1.82, 2.24) is 10.2 Å². The molecule has 3 atom stereocenters. The van der Waals surface area contributed by atoms with Gasteiger partial charge in [0.05, 0.1) is 19.6 Å². The molecule has 0 spiro atoms. The summed E-state index contributed by atoms with van der Waals surface area (Å²) in [5, 5.41) is 13.3. The first-order valence-electron chi connectivity index (χ1n) is 9.12. The molecule has 0 aromatic heterocycles. The van der Waals surface area contributed by atoms with Crippen LogP contribution >= 0.6 is 0 Å². The van der Waals surface area contributed by atoms with E-state index in [4.69, 9.17) is 9.47 Å². The third kappa shape index (κ3) is 6.09. The molecule has 0 saturated carbocycles. The predicted molar refractivity (Wildman–Crippen MR) is 100 cm³/mol. The number of methoxy groups -OCH3 is 1. The van der Waals surface area contributed by atoms with Gasteiger partial charge in [-0.2, -0.15) is 0 Å². The molecule has 0 amide bonds. The van der Waals surface area contributed by atoms with Crippen LogP contribution in [0.25, 0.3) is 0 Å². The van der Waals surface area contributed by atoms with Gasteiger partial charge in [-0.05, 0) is 37.1 Å². The Balaban J connectivity index is 1.90. The van der Waals surface area contributed by atoms with Crippen molar-refractivity contribution in [2.45, 2.75) is 20.0 Å². The average Bonchev–Trinajstić information content (AvgIpc) is 3.05. The van der Waals surface area contributed by atoms with Crippen LogP contribution in [-0.2, 0) is 9.53 Å². The van der Waals surface area contributed by atoms with Crippen LogP contribution in [0.2, 0.25) is 0 Å². The Morgan fingerprint density at radius 3 is 2.74 bits per heavy atom. The summed E-state index contributed by atoms with van der Waals surface area (Å²) in [7, 11) is 1.40. The lowest BCUT2D eigenvalue weighted by Gasteiger charge is -2.22. The lowest BCUT2D eigenvalue weighted by Crippen LogP contribution is -2.41. The molecule has 1 fully saturated rings. The fourth-order valence-electron chi connectivity index (χ4n) is 2.99. The minimum atomic E-state index is -0.805. The maximum atomic E-state index is 12.9. The number of esters is 1. The maximum Gasteiger partial charge on any atom is 0.310 e. The van der Waals surface area contributed by atoms with E-state index in [2.05, 4.69) is 10.3 Å². The topological polar surface area (TPSA) is 83.4 Å². The normalized spacial score (nSPS) is 21.1. The van der Waals surface area contributed by atoms with E-state index < -0.39 is 6.10 Å². The summed E-state index contributed by atoms with van der Waals surface area (Å²) in [5.41, 5.74) is 0. The number of aliphatic hydroxyl groups excluding tert-OH is 1. The number of hydrogen-bond donors (Lipinski definition) is 2. The van der Waals surface area contributed by atoms with Gasteiger partial charge in [-0.25, -0.2) is 4.39 Å². The highest BCUT2D eigenvalue weighted by atomic mass is 19.1. The molecule has 27 heavy (non-hydrogen) atoms. The zero-order valence-electron chi connectivity index (χ0n) is 16.0. The van der Waals surface area contributed by atoms with Gasteiger partial charge in [0.1, 0.15) is 24.3 Å². The van der Waals surface area contributed by atoms with Crippen LogP contribution in [0.3, 0.4) is 0 Å². The smallest absolute Gasteiger partial charge is 0.310 e. The first-order valence-corrected chi connectivity index (χ1v) is 9.12. The van der Waals surface area contributed by atoms with Gasteiger partial charge in [-0.15, -0.1) is 0 Å². The molecular formula is C19H28FN3O4. The van der Waals surface area contributed by atoms with Crippen LogP contribution in [0.1, 0.15) is 13.8 Å². The number of aliphatic imine (C=N–C) groups is 1. The Kier molecular flexibility index (Phi) is 7.84. The number of aliphatic hydroxyl groups is 1. The number of halogens is 1. The summed E-state index contributed by atoms with van der Waals surface area (Å²) in [6.45, 7) is 6.06. The average molecular weight is 381 g/mol. The number of ether oxygens (including phenoxy) is 2. The van der Waals surface area contributed by atoms with Crippen molar-refractivity contribution in [3.63, 3.8) is 0 Å². The molecule has 0 aliphatic carbocycles. The van der Waals surface area contributed by atoms with Crippen LogP contribution in [-0.4, -0.2) is 67.9 Å². The molecule has 0 bridgehead atoms. The molecule has 1 saturated heterocycles. The highest BCUT2D eigenvalue weighted by molar-refractivity contribution is 5.82. The van der Waals surface area contributed by atoms with E-state index >= 15 is 0 Å². The lowest BCUT2D eigenvalue weighted by molar-refractivity contribution is -0.145. The molecule has 1 aromatic rings. The minimum absolute atomic E-state index is 0.0513. The monoisotopic (exact) mass is 381 g/mol. The predicted octanol–water partition coefficient (Wildman–Crippen LogP) is 1.27. The zero-order chi connectivity index (χ0) is 19.8. The highest BCUT2D eigenvalue weighted by Crippen LogP contribution is 2.24. The van der Waals surface area contributed by atoms with Gasteiger partial charge < -0.3 is 24.8 Å². The first-order chi connectivity index (χ1) is 12.9. The highest BCUT2D eigenvalue weighted by Gasteiger charge is 2.36. The van der Waals surface area contributed by atoms with Gasteiger partial charge in [0.2, 0.25) is 0 Å². The number of carbonyl (C=O) groups excluding carboxylic acids is 1. The summed E-state index contributed by atoms with van der Waals surface area (Å²) < 4.78 is 23.2. The second kappa shape index (κ2) is 10.1. The molecule has 3 unspecified atom stereocenters. The Morgan fingerprint density at radius 2 is 2.11 bits per heavy atom. The molecular weight excluding hydrogens is 353 g/mol. The van der Waals surface area contributed by atoms with Gasteiger partial charge in [0.25, 0.3) is 0 Å². The van der Waals surface area contributed by atoms with E-state index in [1.807, 2.05) is 18.7 Å². The van der Waals surface area contributed by atoms with Gasteiger partial charge in [0, 0.05) is 19.6 Å². The quantitative estimate of drug-likeness (QED) is 0.421. The largest absolute Gasteiger partial charge is 0.491 e. The summed E-state index contributed by atoms with van der Waals surface area (Å²) in [6, 6.07) is 5.62. The van der Waals surface area contributed by atoms with Crippen LogP contribution in [0.15, 0.2) is 29.3 Å². The second-order valence-corrected chi connectivity index (χ2v) is 6.63. The van der Waals surface area contributed by atoms with Crippen molar-refractivity contribution in [1.29, 1.82) is 0 Å². The van der Waals surface area contributed by atoms with Gasteiger partial charge in [-0.1, -0.05) is 6.92 Å². The second-order valence-electron chi connectivity index (χ2n) is 6.63. The Morgan fingerprint density at radius 1 is 1.41 bits per heavy atom. The Labute approximate surface area is 159 Å². The fraction of sp³-hybridized carbons (Fsp3) is 0.579. The molecule has 8 heteroatoms. The molecule has 150 valence electrons. The van der Waals surface area contributed by atoms with Gasteiger partial charge in [0.15, 0.2) is 5.96 Å². The standard InChI is InChI=1S/C19H28FN3O4/c1-4-21-19(23-10-13(2)17(11-23)18(25)26-3)22-9-15(24)12-27-16-7-5-14(20)6-8-16/h5-8,13,15,17,24H,4,9-12H2,1-3H3,(H,21,22). The number of hydrogen-bond acceptors (Lipinski definition) is 5. The zero-order valence-corrected chi connectivity index (χ0v) is 16.0. The molecule has 1 heterocycles. The number of nitrogens with one attached hydrogen (secondary N) is 1. The van der Waals surface area contributed by atoms with E-state index in [0.29, 0.717) is 31.3 Å². The fourth-order valence-corrected chi connectivity index (χ4v) is 2.99. The number of rotatable bonds is 7. The van der Waals surface area contributed by atoms with Gasteiger partial charge >= 0.3 is 5.97 Å². The molecule has 2 N–H and O–H groups in total. The third-order valence-corrected chi connectivity index (χ3v) is 4.46. The molecule has 2 rings (SSSR count). The first kappa shape index (κ1) is 21.0. The molecule has 7 nitrogen and oxygen atoms in total. The van der Waals surface area contributed by atoms with E-state index in [1.54, 1.807) is 0 Å². The number of benzene rings is 1. The summed E-state index contributed by atoms with van der Waals surface area (Å²) >= 11 is 0. The van der Waals surface area contributed by atoms with Crippen molar-refractivity contribution in [3.05, 3.63) is 30.1 Å². The molecule has 1 aliphatic rings. The van der Waals surface area contributed by atoms with Crippen LogP contribution in [0, 0.1) is 17.7 Å². The van der Waals surface area contributed by atoms with Gasteiger partial charge in [-0.3, -0.25) is 9.79 Å². The van der Waals surface area contributed by atoms with Crippen molar-refractivity contribution in [2.24, 2.45) is 16.8 Å². The van der Waals surface area contributed by atoms with Crippen LogP contribution < -0.4 is 10.1 Å². The molecule has 1 aliphatic heterocycles. The number of likely N-dealkylation sites (tertiary alicyclic amines) is 1. The van der Waals surface area contributed by atoms with E-state index in [1.165, 1.54) is 31.4 Å². The maximum absolute atomic E-state index is 12.9. The van der Waals surface area contributed by atoms with Crippen molar-refractivity contribution in [3.8, 4) is 5.75 Å². The molecule has 1 aromatic carbocycles. The number of carbonyl (C=O) groups is 1. The molecule has 0 radical (unpaired) electrons. The lowest BCUT2D eigenvalue weighted by atomic mass is 9.99. The number of guanidine groups is 1. The third-order valence-electron chi connectivity index (χ3n) is 4.46. The minimum Gasteiger partial charge on any atom is -0.491 e. The summed E-state index contributed by atoms with van der Waals surface area (Å²) in [6.07, 6.45) is -0.805. The number of nitrogens with zero attached hydrogens (tertiary/aromatic N) is 2. The Bertz CT molecular complexity index is 638. The van der Waals surface area contributed by atoms with E-state index in [-0.39, 0.29) is 36.8 Å². The summed E-state index contributed by atoms with van der Waals surface area (Å²) in [4.78, 5) is 18.3. The van der Waals surface area contributed by atoms with Crippen molar-refractivity contribution < 1.29 is 23.8 Å².